The number of nitrogens with two attached hydrogens (primary N) is 1. The van der Waals surface area contributed by atoms with E-state index in [-0.39, 0.29) is 11.3 Å². The molecule has 0 saturated heterocycles. The molecule has 0 heterocycles. The summed E-state index contributed by atoms with van der Waals surface area (Å²) in [7, 11) is 0. The second-order valence-corrected chi connectivity index (χ2v) is 2.19. The molecule has 1 rings (SSSR count). The van der Waals surface area contributed by atoms with Crippen molar-refractivity contribution in [1.29, 1.82) is 0 Å². The van der Waals surface area contributed by atoms with Gasteiger partial charge in [0, 0.05) is 11.6 Å². The summed E-state index contributed by atoms with van der Waals surface area (Å²) in [5.41, 5.74) is 4.53. The Bertz CT molecular complexity index is 270. The lowest BCUT2D eigenvalue weighted by Crippen LogP contribution is -2.00. The molecule has 4 heteroatoms. The molecule has 0 aliphatic carbocycles. The summed E-state index contributed by atoms with van der Waals surface area (Å²) < 4.78 is 37.4. The molecule has 0 radical (unpaired) electrons. The summed E-state index contributed by atoms with van der Waals surface area (Å²) in [5, 5.41) is 0. The Morgan fingerprint density at radius 3 is 2.27 bits per heavy atom. The van der Waals surface area contributed by atoms with Crippen LogP contribution < -0.4 is 5.73 Å². The van der Waals surface area contributed by atoms with E-state index in [1.807, 2.05) is 0 Å². The van der Waals surface area contributed by atoms with Gasteiger partial charge in [-0.2, -0.15) is 0 Å². The van der Waals surface area contributed by atoms with Crippen LogP contribution in [0, 0.1) is 24.4 Å². The van der Waals surface area contributed by atoms with E-state index in [1.165, 1.54) is 6.92 Å². The van der Waals surface area contributed by atoms with Crippen LogP contribution in [0.1, 0.15) is 5.56 Å². The van der Waals surface area contributed by atoms with Gasteiger partial charge in [-0.3, -0.25) is 0 Å². The monoisotopic (exact) mass is 161 g/mol. The quantitative estimate of drug-likeness (QED) is 0.457. The summed E-state index contributed by atoms with van der Waals surface area (Å²) in [5.74, 6) is -3.24. The van der Waals surface area contributed by atoms with Crippen molar-refractivity contribution in [2.24, 2.45) is 0 Å². The zero-order valence-electron chi connectivity index (χ0n) is 5.79. The molecule has 0 saturated carbocycles. The summed E-state index contributed by atoms with van der Waals surface area (Å²) in [6.45, 7) is 1.22. The second kappa shape index (κ2) is 2.45. The lowest BCUT2D eigenvalue weighted by Gasteiger charge is -2.02. The average Bonchev–Trinajstić information content (AvgIpc) is 1.97. The zero-order chi connectivity index (χ0) is 8.59. The summed E-state index contributed by atoms with van der Waals surface area (Å²) in [6, 6.07) is 0.428. The fourth-order valence-corrected chi connectivity index (χ4v) is 0.729. The molecule has 1 nitrogen and oxygen atoms in total. The maximum absolute atomic E-state index is 12.5. The van der Waals surface area contributed by atoms with Crippen LogP contribution in [0.5, 0.6) is 0 Å². The van der Waals surface area contributed by atoms with Crippen LogP contribution in [-0.4, -0.2) is 0 Å². The third kappa shape index (κ3) is 1.15. The first-order chi connectivity index (χ1) is 5.04. The van der Waals surface area contributed by atoms with Crippen molar-refractivity contribution >= 4 is 5.69 Å². The van der Waals surface area contributed by atoms with E-state index in [0.717, 1.165) is 0 Å². The van der Waals surface area contributed by atoms with Gasteiger partial charge in [0.1, 0.15) is 5.82 Å². The molecule has 2 N–H and O–H groups in total. The largest absolute Gasteiger partial charge is 0.396 e. The summed E-state index contributed by atoms with van der Waals surface area (Å²) in [4.78, 5) is 0. The maximum Gasteiger partial charge on any atom is 0.163 e. The minimum absolute atomic E-state index is 0.192. The highest BCUT2D eigenvalue weighted by atomic mass is 19.2. The number of rotatable bonds is 0. The molecule has 0 amide bonds. The van der Waals surface area contributed by atoms with Crippen molar-refractivity contribution in [3.63, 3.8) is 0 Å². The smallest absolute Gasteiger partial charge is 0.163 e. The Balaban J connectivity index is 3.46. The van der Waals surface area contributed by atoms with Crippen molar-refractivity contribution in [3.05, 3.63) is 29.1 Å². The number of halogens is 3. The molecule has 0 atom stereocenters. The van der Waals surface area contributed by atoms with Gasteiger partial charge in [-0.25, -0.2) is 13.2 Å². The highest BCUT2D eigenvalue weighted by molar-refractivity contribution is 5.48. The molecule has 0 spiro atoms. The number of anilines is 1. The van der Waals surface area contributed by atoms with Crippen LogP contribution in [0.3, 0.4) is 0 Å². The number of hydrogen-bond donors (Lipinski definition) is 1. The first-order valence-corrected chi connectivity index (χ1v) is 2.93. The van der Waals surface area contributed by atoms with Crippen LogP contribution >= 0.6 is 0 Å². The van der Waals surface area contributed by atoms with Gasteiger partial charge in [0.2, 0.25) is 0 Å². The molecule has 1 aromatic carbocycles. The molecular formula is C7H6F3N. The zero-order valence-corrected chi connectivity index (χ0v) is 5.79. The van der Waals surface area contributed by atoms with Gasteiger partial charge in [-0.1, -0.05) is 0 Å². The Labute approximate surface area is 61.6 Å². The van der Waals surface area contributed by atoms with Crippen molar-refractivity contribution in [2.45, 2.75) is 6.92 Å². The van der Waals surface area contributed by atoms with Crippen LogP contribution in [0.2, 0.25) is 0 Å². The standard InChI is InChI=1S/C7H6F3N/c1-3-6(10)4(8)2-5(9)7(3)11/h2H,11H2,1H3. The van der Waals surface area contributed by atoms with E-state index in [1.54, 1.807) is 0 Å². The van der Waals surface area contributed by atoms with Crippen molar-refractivity contribution in [1.82, 2.24) is 0 Å². The van der Waals surface area contributed by atoms with E-state index in [4.69, 9.17) is 5.73 Å². The molecule has 0 aliphatic heterocycles. The topological polar surface area (TPSA) is 26.0 Å². The third-order valence-corrected chi connectivity index (χ3v) is 1.45. The van der Waals surface area contributed by atoms with Crippen LogP contribution in [0.15, 0.2) is 6.07 Å². The lowest BCUT2D eigenvalue weighted by atomic mass is 10.2. The Morgan fingerprint density at radius 1 is 1.18 bits per heavy atom. The predicted octanol–water partition coefficient (Wildman–Crippen LogP) is 1.99. The van der Waals surface area contributed by atoms with Gasteiger partial charge in [0.25, 0.3) is 0 Å². The third-order valence-electron chi connectivity index (χ3n) is 1.45. The van der Waals surface area contributed by atoms with Crippen molar-refractivity contribution in [2.75, 3.05) is 5.73 Å². The first kappa shape index (κ1) is 7.91. The van der Waals surface area contributed by atoms with Crippen LogP contribution in [-0.2, 0) is 0 Å². The Hall–Kier alpha value is -1.19. The number of hydrogen-bond acceptors (Lipinski definition) is 1. The number of nitrogen functional groups attached to an aromatic ring is 1. The van der Waals surface area contributed by atoms with Crippen LogP contribution in [0.25, 0.3) is 0 Å². The van der Waals surface area contributed by atoms with E-state index in [9.17, 15) is 13.2 Å². The van der Waals surface area contributed by atoms with E-state index >= 15 is 0 Å². The minimum Gasteiger partial charge on any atom is -0.396 e. The molecular weight excluding hydrogens is 155 g/mol. The highest BCUT2D eigenvalue weighted by Gasteiger charge is 2.12. The minimum atomic E-state index is -1.21. The van der Waals surface area contributed by atoms with E-state index < -0.39 is 17.5 Å². The summed E-state index contributed by atoms with van der Waals surface area (Å²) >= 11 is 0. The van der Waals surface area contributed by atoms with Gasteiger partial charge in [-0.15, -0.1) is 0 Å². The van der Waals surface area contributed by atoms with E-state index in [0.29, 0.717) is 6.07 Å². The molecule has 0 unspecified atom stereocenters. The first-order valence-electron chi connectivity index (χ1n) is 2.93. The van der Waals surface area contributed by atoms with Crippen molar-refractivity contribution in [3.8, 4) is 0 Å². The molecule has 0 aliphatic rings. The van der Waals surface area contributed by atoms with Gasteiger partial charge in [0.15, 0.2) is 11.6 Å². The van der Waals surface area contributed by atoms with Gasteiger partial charge < -0.3 is 5.73 Å². The summed E-state index contributed by atoms with van der Waals surface area (Å²) in [6.07, 6.45) is 0. The molecule has 0 aromatic heterocycles. The van der Waals surface area contributed by atoms with E-state index in [2.05, 4.69) is 0 Å². The molecule has 60 valence electrons. The number of benzene rings is 1. The predicted molar refractivity (Wildman–Crippen MR) is 35.5 cm³/mol. The molecule has 1 aromatic rings. The van der Waals surface area contributed by atoms with Gasteiger partial charge in [0.05, 0.1) is 5.69 Å². The van der Waals surface area contributed by atoms with Crippen LogP contribution in [0.4, 0.5) is 18.9 Å². The van der Waals surface area contributed by atoms with Gasteiger partial charge in [-0.05, 0) is 6.92 Å². The van der Waals surface area contributed by atoms with Crippen molar-refractivity contribution < 1.29 is 13.2 Å². The Kier molecular flexibility index (Phi) is 1.76. The fraction of sp³-hybridized carbons (Fsp3) is 0.143. The molecule has 0 fully saturated rings. The van der Waals surface area contributed by atoms with Gasteiger partial charge >= 0.3 is 0 Å². The second-order valence-electron chi connectivity index (χ2n) is 2.19. The molecule has 0 bridgehead atoms. The highest BCUT2D eigenvalue weighted by Crippen LogP contribution is 2.20. The normalized spacial score (nSPS) is 10.2. The SMILES string of the molecule is Cc1c(N)c(F)cc(F)c1F. The average molecular weight is 161 g/mol. The maximum atomic E-state index is 12.5. The Morgan fingerprint density at radius 2 is 1.73 bits per heavy atom. The molecule has 11 heavy (non-hydrogen) atoms. The fourth-order valence-electron chi connectivity index (χ4n) is 0.729. The lowest BCUT2D eigenvalue weighted by molar-refractivity contribution is 0.491.